The fourth-order valence-corrected chi connectivity index (χ4v) is 5.69. The summed E-state index contributed by atoms with van der Waals surface area (Å²) in [5.74, 6) is -4.92. The number of nitrogens with zero attached hydrogens (tertiary/aromatic N) is 4. The molecular formula is C26H23F2N5O5. The van der Waals surface area contributed by atoms with Crippen LogP contribution in [0.1, 0.15) is 53.2 Å². The molecule has 4 heterocycles. The Morgan fingerprint density at radius 2 is 1.84 bits per heavy atom. The second kappa shape index (κ2) is 8.61. The summed E-state index contributed by atoms with van der Waals surface area (Å²) in [6, 6.07) is 6.20. The number of anilines is 1. The molecule has 3 aliphatic heterocycles. The van der Waals surface area contributed by atoms with Gasteiger partial charge in [0, 0.05) is 42.2 Å². The minimum Gasteiger partial charge on any atom is -0.465 e. The van der Waals surface area contributed by atoms with Crippen molar-refractivity contribution in [2.45, 2.75) is 43.7 Å². The zero-order valence-electron chi connectivity index (χ0n) is 20.1. The molecular weight excluding hydrogens is 500 g/mol. The monoisotopic (exact) mass is 523 g/mol. The number of imide groups is 1. The van der Waals surface area contributed by atoms with E-state index in [1.807, 2.05) is 0 Å². The normalized spacial score (nSPS) is 20.4. The number of carbonyl (C=O) groups is 4. The SMILES string of the molecule is O=C1CCC(N2C(=O)c3cccc4c(C(F)(F)c5cnn(C6CCN(C(=O)O)CC6)c5)ccc2c34)C(=O)N1. The van der Waals surface area contributed by atoms with Crippen molar-refractivity contribution in [1.29, 1.82) is 0 Å². The predicted octanol–water partition coefficient (Wildman–Crippen LogP) is 3.26. The molecule has 1 atom stereocenters. The summed E-state index contributed by atoms with van der Waals surface area (Å²) in [6.07, 6.45) is 2.58. The number of likely N-dealkylation sites (tertiary alicyclic amines) is 1. The average molecular weight is 523 g/mol. The van der Waals surface area contributed by atoms with Gasteiger partial charge >= 0.3 is 12.0 Å². The zero-order valence-corrected chi connectivity index (χ0v) is 20.1. The van der Waals surface area contributed by atoms with E-state index in [-0.39, 0.29) is 41.0 Å². The van der Waals surface area contributed by atoms with Crippen molar-refractivity contribution in [1.82, 2.24) is 20.0 Å². The first-order valence-corrected chi connectivity index (χ1v) is 12.3. The van der Waals surface area contributed by atoms with Crippen LogP contribution in [0.25, 0.3) is 10.8 Å². The van der Waals surface area contributed by atoms with Crippen LogP contribution >= 0.6 is 0 Å². The lowest BCUT2D eigenvalue weighted by atomic mass is 9.94. The van der Waals surface area contributed by atoms with E-state index in [0.717, 1.165) is 6.20 Å². The first kappa shape index (κ1) is 24.0. The third-order valence-corrected chi connectivity index (χ3v) is 7.66. The number of rotatable bonds is 4. The number of hydrogen-bond acceptors (Lipinski definition) is 5. The second-order valence-electron chi connectivity index (χ2n) is 9.79. The Morgan fingerprint density at radius 3 is 2.55 bits per heavy atom. The summed E-state index contributed by atoms with van der Waals surface area (Å²) in [7, 11) is 0. The molecule has 0 spiro atoms. The fraction of sp³-hybridized carbons (Fsp3) is 0.346. The van der Waals surface area contributed by atoms with Crippen LogP contribution in [-0.2, 0) is 15.5 Å². The van der Waals surface area contributed by atoms with Gasteiger partial charge in [-0.1, -0.05) is 12.1 Å². The van der Waals surface area contributed by atoms with Gasteiger partial charge < -0.3 is 10.0 Å². The third-order valence-electron chi connectivity index (χ3n) is 7.66. The van der Waals surface area contributed by atoms with Crippen LogP contribution in [0.5, 0.6) is 0 Å². The molecule has 0 bridgehead atoms. The van der Waals surface area contributed by atoms with Gasteiger partial charge in [-0.25, -0.2) is 4.79 Å². The predicted molar refractivity (Wildman–Crippen MR) is 130 cm³/mol. The molecule has 2 fully saturated rings. The summed E-state index contributed by atoms with van der Waals surface area (Å²) in [6.45, 7) is 0.607. The minimum absolute atomic E-state index is 0.0785. The molecule has 0 saturated carbocycles. The Kier molecular flexibility index (Phi) is 5.44. The number of nitrogens with one attached hydrogen (secondary N) is 1. The molecule has 1 aromatic heterocycles. The van der Waals surface area contributed by atoms with Crippen molar-refractivity contribution in [3.8, 4) is 0 Å². The van der Waals surface area contributed by atoms with Gasteiger partial charge in [0.2, 0.25) is 11.8 Å². The molecule has 1 unspecified atom stereocenters. The van der Waals surface area contributed by atoms with Crippen LogP contribution in [0.3, 0.4) is 0 Å². The first-order chi connectivity index (χ1) is 18.2. The smallest absolute Gasteiger partial charge is 0.407 e. The van der Waals surface area contributed by atoms with E-state index in [1.54, 1.807) is 6.07 Å². The largest absolute Gasteiger partial charge is 0.465 e. The van der Waals surface area contributed by atoms with E-state index < -0.39 is 35.8 Å². The van der Waals surface area contributed by atoms with E-state index >= 15 is 8.78 Å². The molecule has 0 radical (unpaired) electrons. The van der Waals surface area contributed by atoms with Gasteiger partial charge in [0.05, 0.1) is 23.5 Å². The minimum atomic E-state index is -3.44. The summed E-state index contributed by atoms with van der Waals surface area (Å²) in [4.78, 5) is 51.2. The van der Waals surface area contributed by atoms with Gasteiger partial charge in [0.15, 0.2) is 0 Å². The van der Waals surface area contributed by atoms with Crippen molar-refractivity contribution in [3.05, 3.63) is 59.4 Å². The zero-order chi connectivity index (χ0) is 26.8. The van der Waals surface area contributed by atoms with Crippen molar-refractivity contribution >= 4 is 40.3 Å². The third kappa shape index (κ3) is 3.62. The topological polar surface area (TPSA) is 125 Å². The van der Waals surface area contributed by atoms with E-state index in [0.29, 0.717) is 37.0 Å². The Bertz CT molecular complexity index is 1510. The number of alkyl halides is 2. The first-order valence-electron chi connectivity index (χ1n) is 12.3. The van der Waals surface area contributed by atoms with Gasteiger partial charge in [-0.15, -0.1) is 0 Å². The van der Waals surface area contributed by atoms with Crippen LogP contribution in [0.2, 0.25) is 0 Å². The molecule has 0 aliphatic carbocycles. The number of benzene rings is 2. The maximum Gasteiger partial charge on any atom is 0.407 e. The molecule has 10 nitrogen and oxygen atoms in total. The Balaban J connectivity index is 1.34. The van der Waals surface area contributed by atoms with Crippen LogP contribution < -0.4 is 10.2 Å². The molecule has 3 aromatic rings. The molecule has 3 aliphatic rings. The number of carboxylic acid groups (broad SMARTS) is 1. The molecule has 12 heteroatoms. The van der Waals surface area contributed by atoms with Crippen LogP contribution in [0.15, 0.2) is 42.7 Å². The Labute approximate surface area is 214 Å². The number of piperidine rings is 2. The maximum absolute atomic E-state index is 16.0. The highest BCUT2D eigenvalue weighted by Crippen LogP contribution is 2.46. The van der Waals surface area contributed by atoms with Crippen LogP contribution in [-0.4, -0.2) is 62.7 Å². The van der Waals surface area contributed by atoms with Gasteiger partial charge in [0.1, 0.15) is 6.04 Å². The highest BCUT2D eigenvalue weighted by atomic mass is 19.3. The molecule has 196 valence electrons. The number of amides is 4. The maximum atomic E-state index is 16.0. The molecule has 4 amide bonds. The van der Waals surface area contributed by atoms with Gasteiger partial charge in [-0.3, -0.25) is 29.3 Å². The quantitative estimate of drug-likeness (QED) is 0.506. The van der Waals surface area contributed by atoms with Gasteiger partial charge in [0.25, 0.3) is 5.91 Å². The summed E-state index contributed by atoms with van der Waals surface area (Å²) >= 11 is 0. The Hall–Kier alpha value is -4.35. The lowest BCUT2D eigenvalue weighted by Crippen LogP contribution is -2.53. The van der Waals surface area contributed by atoms with E-state index in [9.17, 15) is 19.2 Å². The number of halogens is 2. The highest BCUT2D eigenvalue weighted by molar-refractivity contribution is 6.27. The Morgan fingerprint density at radius 1 is 1.08 bits per heavy atom. The number of hydrogen-bond donors (Lipinski definition) is 2. The molecule has 6 rings (SSSR count). The molecule has 2 saturated heterocycles. The van der Waals surface area contributed by atoms with Crippen LogP contribution in [0, 0.1) is 0 Å². The van der Waals surface area contributed by atoms with Crippen LogP contribution in [0.4, 0.5) is 19.3 Å². The van der Waals surface area contributed by atoms with E-state index in [1.165, 1.54) is 44.9 Å². The van der Waals surface area contributed by atoms with Gasteiger partial charge in [-0.05, 0) is 42.8 Å². The summed E-state index contributed by atoms with van der Waals surface area (Å²) in [5, 5.41) is 16.1. The lowest BCUT2D eigenvalue weighted by Gasteiger charge is -2.30. The molecule has 2 aromatic carbocycles. The van der Waals surface area contributed by atoms with E-state index in [2.05, 4.69) is 10.4 Å². The summed E-state index contributed by atoms with van der Waals surface area (Å²) in [5.41, 5.74) is -0.0299. The highest BCUT2D eigenvalue weighted by Gasteiger charge is 2.44. The number of carbonyl (C=O) groups excluding carboxylic acids is 3. The number of aromatic nitrogens is 2. The van der Waals surface area contributed by atoms with Crippen molar-refractivity contribution in [2.24, 2.45) is 0 Å². The van der Waals surface area contributed by atoms with Crippen molar-refractivity contribution < 1.29 is 33.1 Å². The fourth-order valence-electron chi connectivity index (χ4n) is 5.69. The molecule has 2 N–H and O–H groups in total. The second-order valence-corrected chi connectivity index (χ2v) is 9.79. The lowest BCUT2D eigenvalue weighted by molar-refractivity contribution is -0.134. The summed E-state index contributed by atoms with van der Waals surface area (Å²) < 4.78 is 33.4. The van der Waals surface area contributed by atoms with Crippen molar-refractivity contribution in [2.75, 3.05) is 18.0 Å². The standard InChI is InChI=1S/C26H23F2N5O5/c27-26(28,14-12-29-32(13-14)15-8-10-31(11-9-15)25(37)38)18-4-5-19-22-16(18)2-1-3-17(22)24(36)33(19)20-6-7-21(34)30-23(20)35/h1-5,12-13,15,20H,6-11H2,(H,37,38)(H,30,34,35). The molecule has 38 heavy (non-hydrogen) atoms. The van der Waals surface area contributed by atoms with E-state index in [4.69, 9.17) is 5.11 Å². The van der Waals surface area contributed by atoms with Crippen molar-refractivity contribution in [3.63, 3.8) is 0 Å². The van der Waals surface area contributed by atoms with Gasteiger partial charge in [-0.2, -0.15) is 13.9 Å². The average Bonchev–Trinajstić information content (AvgIpc) is 3.50.